The van der Waals surface area contributed by atoms with E-state index >= 15 is 0 Å². The zero-order valence-corrected chi connectivity index (χ0v) is 13.8. The van der Waals surface area contributed by atoms with Gasteiger partial charge < -0.3 is 0 Å². The van der Waals surface area contributed by atoms with Crippen LogP contribution in [0.3, 0.4) is 0 Å². The molecule has 0 saturated heterocycles. The van der Waals surface area contributed by atoms with E-state index in [1.807, 2.05) is 6.07 Å². The fourth-order valence-corrected chi connectivity index (χ4v) is 3.43. The van der Waals surface area contributed by atoms with Gasteiger partial charge in [0.15, 0.2) is 0 Å². The van der Waals surface area contributed by atoms with Gasteiger partial charge in [-0.05, 0) is 38.7 Å². The van der Waals surface area contributed by atoms with E-state index in [4.69, 9.17) is 0 Å². The standard InChI is InChI=1S/C19H20N2S/c1-21(2)19(13-7-3-8-14-19)15-9-6-12-18-20-16-10-4-5-11-17(16)22-18/h3-13,15H,14H2,1-2H3. The smallest absolute Gasteiger partial charge is 0.117 e. The minimum atomic E-state index is -0.0211. The second-order valence-corrected chi connectivity index (χ2v) is 6.68. The summed E-state index contributed by atoms with van der Waals surface area (Å²) in [7, 11) is 4.23. The minimum absolute atomic E-state index is 0.0211. The normalized spacial score (nSPS) is 21.8. The topological polar surface area (TPSA) is 16.1 Å². The number of rotatable bonds is 4. The molecule has 1 atom stereocenters. The molecule has 3 heteroatoms. The van der Waals surface area contributed by atoms with Crippen molar-refractivity contribution in [3.8, 4) is 0 Å². The molecule has 0 saturated carbocycles. The van der Waals surface area contributed by atoms with Crippen LogP contribution in [0, 0.1) is 0 Å². The predicted octanol–water partition coefficient (Wildman–Crippen LogP) is 4.68. The number of hydrogen-bond donors (Lipinski definition) is 0. The second-order valence-electron chi connectivity index (χ2n) is 5.62. The Morgan fingerprint density at radius 2 is 2.05 bits per heavy atom. The molecule has 2 nitrogen and oxygen atoms in total. The molecule has 0 fully saturated rings. The number of thiazole rings is 1. The van der Waals surface area contributed by atoms with Crippen molar-refractivity contribution in [2.75, 3.05) is 14.1 Å². The largest absolute Gasteiger partial charge is 0.297 e. The summed E-state index contributed by atoms with van der Waals surface area (Å²) in [6.45, 7) is 0. The van der Waals surface area contributed by atoms with Crippen LogP contribution in [0.4, 0.5) is 0 Å². The highest BCUT2D eigenvalue weighted by Gasteiger charge is 2.25. The predicted molar refractivity (Wildman–Crippen MR) is 97.1 cm³/mol. The van der Waals surface area contributed by atoms with Gasteiger partial charge in [0.2, 0.25) is 0 Å². The molecule has 0 N–H and O–H groups in total. The number of para-hydroxylation sites is 1. The molecule has 0 aliphatic heterocycles. The van der Waals surface area contributed by atoms with Crippen LogP contribution >= 0.6 is 11.3 Å². The van der Waals surface area contributed by atoms with Gasteiger partial charge in [0.05, 0.1) is 15.8 Å². The third-order valence-electron chi connectivity index (χ3n) is 3.95. The first-order chi connectivity index (χ1) is 10.7. The maximum absolute atomic E-state index is 4.61. The van der Waals surface area contributed by atoms with E-state index in [0.29, 0.717) is 0 Å². The Kier molecular flexibility index (Phi) is 4.36. The molecule has 1 aromatic carbocycles. The Bertz CT molecular complexity index is 732. The summed E-state index contributed by atoms with van der Waals surface area (Å²) < 4.78 is 1.23. The quantitative estimate of drug-likeness (QED) is 0.762. The van der Waals surface area contributed by atoms with Crippen LogP contribution in [0.15, 0.2) is 66.8 Å². The molecule has 1 aromatic heterocycles. The van der Waals surface area contributed by atoms with E-state index in [2.05, 4.69) is 90.8 Å². The molecule has 3 rings (SSSR count). The first-order valence-corrected chi connectivity index (χ1v) is 8.25. The summed E-state index contributed by atoms with van der Waals surface area (Å²) in [6, 6.07) is 8.25. The van der Waals surface area contributed by atoms with Crippen LogP contribution in [0.5, 0.6) is 0 Å². The lowest BCUT2D eigenvalue weighted by atomic mass is 9.89. The van der Waals surface area contributed by atoms with E-state index in [9.17, 15) is 0 Å². The van der Waals surface area contributed by atoms with Crippen molar-refractivity contribution >= 4 is 27.6 Å². The molecule has 0 radical (unpaired) electrons. The van der Waals surface area contributed by atoms with Crippen LogP contribution < -0.4 is 0 Å². The number of nitrogens with zero attached hydrogens (tertiary/aromatic N) is 2. The Morgan fingerprint density at radius 1 is 1.18 bits per heavy atom. The molecule has 0 spiro atoms. The van der Waals surface area contributed by atoms with Crippen LogP contribution in [0.25, 0.3) is 16.3 Å². The lowest BCUT2D eigenvalue weighted by Gasteiger charge is -2.35. The van der Waals surface area contributed by atoms with Crippen molar-refractivity contribution in [1.82, 2.24) is 9.88 Å². The monoisotopic (exact) mass is 308 g/mol. The van der Waals surface area contributed by atoms with Gasteiger partial charge in [0.1, 0.15) is 5.01 Å². The van der Waals surface area contributed by atoms with Gasteiger partial charge in [-0.15, -0.1) is 11.3 Å². The van der Waals surface area contributed by atoms with E-state index in [1.165, 1.54) is 4.70 Å². The van der Waals surface area contributed by atoms with E-state index in [1.54, 1.807) is 11.3 Å². The number of benzene rings is 1. The maximum atomic E-state index is 4.61. The first kappa shape index (κ1) is 14.9. The molecule has 0 bridgehead atoms. The molecule has 2 aromatic rings. The van der Waals surface area contributed by atoms with E-state index in [-0.39, 0.29) is 5.54 Å². The Morgan fingerprint density at radius 3 is 2.77 bits per heavy atom. The number of fused-ring (bicyclic) bond motifs is 1. The Balaban J connectivity index is 1.75. The highest BCUT2D eigenvalue weighted by Crippen LogP contribution is 2.25. The minimum Gasteiger partial charge on any atom is -0.297 e. The van der Waals surface area contributed by atoms with Gasteiger partial charge >= 0.3 is 0 Å². The molecule has 1 heterocycles. The SMILES string of the molecule is CN(C)C1(C=CC=Cc2nc3ccccc3s2)C=CC=CC1. The summed E-state index contributed by atoms with van der Waals surface area (Å²) in [5, 5.41) is 1.05. The molecular formula is C19H20N2S. The molecular weight excluding hydrogens is 288 g/mol. The fraction of sp³-hybridized carbons (Fsp3) is 0.211. The third kappa shape index (κ3) is 3.11. The lowest BCUT2D eigenvalue weighted by Crippen LogP contribution is -2.40. The fourth-order valence-electron chi connectivity index (χ4n) is 2.55. The summed E-state index contributed by atoms with van der Waals surface area (Å²) >= 11 is 1.72. The Labute approximate surface area is 135 Å². The molecule has 22 heavy (non-hydrogen) atoms. The maximum Gasteiger partial charge on any atom is 0.117 e. The van der Waals surface area contributed by atoms with Crippen LogP contribution in [0.2, 0.25) is 0 Å². The lowest BCUT2D eigenvalue weighted by molar-refractivity contribution is 0.263. The molecule has 1 unspecified atom stereocenters. The van der Waals surface area contributed by atoms with Gasteiger partial charge in [-0.3, -0.25) is 4.90 Å². The highest BCUT2D eigenvalue weighted by atomic mass is 32.1. The van der Waals surface area contributed by atoms with Gasteiger partial charge in [0, 0.05) is 0 Å². The first-order valence-electron chi connectivity index (χ1n) is 7.43. The van der Waals surface area contributed by atoms with Crippen molar-refractivity contribution in [2.45, 2.75) is 12.0 Å². The number of aromatic nitrogens is 1. The molecule has 1 aliphatic carbocycles. The van der Waals surface area contributed by atoms with Crippen molar-refractivity contribution in [3.05, 3.63) is 71.8 Å². The van der Waals surface area contributed by atoms with Gasteiger partial charge in [0.25, 0.3) is 0 Å². The molecule has 1 aliphatic rings. The molecule has 0 amide bonds. The zero-order chi connectivity index (χ0) is 15.4. The van der Waals surface area contributed by atoms with E-state index in [0.717, 1.165) is 16.9 Å². The van der Waals surface area contributed by atoms with Crippen molar-refractivity contribution in [3.63, 3.8) is 0 Å². The Hall–Kier alpha value is -1.97. The van der Waals surface area contributed by atoms with Gasteiger partial charge in [-0.1, -0.05) is 54.7 Å². The number of allylic oxidation sites excluding steroid dienone is 4. The summed E-state index contributed by atoms with van der Waals surface area (Å²) in [6.07, 6.45) is 18.2. The number of hydrogen-bond acceptors (Lipinski definition) is 3. The summed E-state index contributed by atoms with van der Waals surface area (Å²) in [5.74, 6) is 0. The van der Waals surface area contributed by atoms with E-state index < -0.39 is 0 Å². The van der Waals surface area contributed by atoms with Gasteiger partial charge in [-0.25, -0.2) is 4.98 Å². The van der Waals surface area contributed by atoms with Crippen molar-refractivity contribution in [1.29, 1.82) is 0 Å². The summed E-state index contributed by atoms with van der Waals surface area (Å²) in [5.41, 5.74) is 1.05. The zero-order valence-electron chi connectivity index (χ0n) is 12.9. The highest BCUT2D eigenvalue weighted by molar-refractivity contribution is 7.19. The van der Waals surface area contributed by atoms with Crippen LogP contribution in [0.1, 0.15) is 11.4 Å². The van der Waals surface area contributed by atoms with Crippen LogP contribution in [-0.4, -0.2) is 29.5 Å². The number of likely N-dealkylation sites (N-methyl/N-ethyl adjacent to an activating group) is 1. The average molecular weight is 308 g/mol. The second kappa shape index (κ2) is 6.42. The van der Waals surface area contributed by atoms with Crippen LogP contribution in [-0.2, 0) is 0 Å². The van der Waals surface area contributed by atoms with Crippen molar-refractivity contribution in [2.24, 2.45) is 0 Å². The van der Waals surface area contributed by atoms with Gasteiger partial charge in [-0.2, -0.15) is 0 Å². The average Bonchev–Trinajstić information content (AvgIpc) is 2.95. The summed E-state index contributed by atoms with van der Waals surface area (Å²) in [4.78, 5) is 6.86. The third-order valence-corrected chi connectivity index (χ3v) is 4.96. The van der Waals surface area contributed by atoms with Crippen molar-refractivity contribution < 1.29 is 0 Å². The molecule has 112 valence electrons.